The zero-order chi connectivity index (χ0) is 23.3. The van der Waals surface area contributed by atoms with Gasteiger partial charge in [-0.2, -0.15) is 13.2 Å². The molecule has 9 heteroatoms. The third-order valence-electron chi connectivity index (χ3n) is 5.40. The molecule has 2 aromatic carbocycles. The zero-order valence-electron chi connectivity index (χ0n) is 17.2. The predicted octanol–water partition coefficient (Wildman–Crippen LogP) is 3.55. The van der Waals surface area contributed by atoms with E-state index in [1.54, 1.807) is 6.07 Å². The lowest BCUT2D eigenvalue weighted by Crippen LogP contribution is -2.58. The van der Waals surface area contributed by atoms with E-state index in [-0.39, 0.29) is 19.6 Å². The molecule has 3 rings (SSSR count). The third kappa shape index (κ3) is 5.60. The first-order chi connectivity index (χ1) is 15.2. The lowest BCUT2D eigenvalue weighted by atomic mass is 10.00. The highest BCUT2D eigenvalue weighted by molar-refractivity contribution is 6.59. The number of carbonyl (C=O) groups is 2. The summed E-state index contributed by atoms with van der Waals surface area (Å²) in [7, 11) is 0. The van der Waals surface area contributed by atoms with Crippen molar-refractivity contribution in [2.24, 2.45) is 0 Å². The molecule has 0 saturated carbocycles. The molecule has 1 fully saturated rings. The van der Waals surface area contributed by atoms with E-state index in [2.05, 4.69) is 0 Å². The predicted molar refractivity (Wildman–Crippen MR) is 114 cm³/mol. The highest BCUT2D eigenvalue weighted by atomic mass is 19.4. The SMILES string of the molecule is N=CC(=N)C(=O)N1CC(=O)N(Cc2cccc(C(F)(F)F)c2)[C@@H](CCc2ccccc2)C1. The monoisotopic (exact) mass is 444 g/mol. The van der Waals surface area contributed by atoms with Gasteiger partial charge in [0.05, 0.1) is 11.6 Å². The Balaban J connectivity index is 1.83. The number of piperazine rings is 1. The zero-order valence-corrected chi connectivity index (χ0v) is 17.2. The van der Waals surface area contributed by atoms with Crippen LogP contribution in [0.3, 0.4) is 0 Å². The molecule has 32 heavy (non-hydrogen) atoms. The van der Waals surface area contributed by atoms with Crippen molar-refractivity contribution in [2.45, 2.75) is 31.6 Å². The van der Waals surface area contributed by atoms with Crippen molar-refractivity contribution in [1.29, 1.82) is 10.8 Å². The van der Waals surface area contributed by atoms with Gasteiger partial charge in [0, 0.05) is 19.3 Å². The van der Waals surface area contributed by atoms with Gasteiger partial charge in [0.1, 0.15) is 12.3 Å². The molecule has 0 radical (unpaired) electrons. The van der Waals surface area contributed by atoms with Gasteiger partial charge in [-0.05, 0) is 36.1 Å². The van der Waals surface area contributed by atoms with Crippen LogP contribution in [0.1, 0.15) is 23.1 Å². The molecular formula is C23H23F3N4O2. The number of aryl methyl sites for hydroxylation is 1. The summed E-state index contributed by atoms with van der Waals surface area (Å²) in [5.41, 5.74) is 0.0852. The molecule has 0 aliphatic carbocycles. The summed E-state index contributed by atoms with van der Waals surface area (Å²) in [6, 6.07) is 14.0. The minimum absolute atomic E-state index is 0.00768. The summed E-state index contributed by atoms with van der Waals surface area (Å²) >= 11 is 0. The van der Waals surface area contributed by atoms with Gasteiger partial charge in [-0.3, -0.25) is 15.0 Å². The smallest absolute Gasteiger partial charge is 0.332 e. The molecule has 1 atom stereocenters. The molecule has 1 heterocycles. The Kier molecular flexibility index (Phi) is 7.07. The maximum Gasteiger partial charge on any atom is 0.416 e. The van der Waals surface area contributed by atoms with Crippen LogP contribution < -0.4 is 0 Å². The summed E-state index contributed by atoms with van der Waals surface area (Å²) in [6.45, 7) is -0.144. The number of rotatable bonds is 7. The number of hydrogen-bond acceptors (Lipinski definition) is 4. The minimum atomic E-state index is -4.48. The molecule has 2 aromatic rings. The van der Waals surface area contributed by atoms with Crippen molar-refractivity contribution in [3.8, 4) is 0 Å². The van der Waals surface area contributed by atoms with Gasteiger partial charge in [-0.15, -0.1) is 0 Å². The quantitative estimate of drug-likeness (QED) is 0.640. The second kappa shape index (κ2) is 9.76. The van der Waals surface area contributed by atoms with Crippen molar-refractivity contribution in [3.05, 3.63) is 71.3 Å². The fraction of sp³-hybridized carbons (Fsp3) is 0.304. The molecule has 0 bridgehead atoms. The Labute approximate surface area is 183 Å². The van der Waals surface area contributed by atoms with Crippen LogP contribution in [0, 0.1) is 10.8 Å². The molecular weight excluding hydrogens is 421 g/mol. The van der Waals surface area contributed by atoms with E-state index in [0.717, 1.165) is 17.7 Å². The maximum absolute atomic E-state index is 13.1. The Morgan fingerprint density at radius 1 is 1.09 bits per heavy atom. The van der Waals surface area contributed by atoms with Gasteiger partial charge >= 0.3 is 6.18 Å². The Hall–Kier alpha value is -3.49. The number of halogens is 3. The van der Waals surface area contributed by atoms with Crippen LogP contribution >= 0.6 is 0 Å². The van der Waals surface area contributed by atoms with Gasteiger partial charge in [0.2, 0.25) is 5.91 Å². The largest absolute Gasteiger partial charge is 0.416 e. The van der Waals surface area contributed by atoms with E-state index < -0.39 is 35.3 Å². The molecule has 1 aliphatic rings. The molecule has 6 nitrogen and oxygen atoms in total. The average Bonchev–Trinajstić information content (AvgIpc) is 2.78. The second-order valence-electron chi connectivity index (χ2n) is 7.64. The van der Waals surface area contributed by atoms with Crippen LogP contribution in [0.4, 0.5) is 13.2 Å². The number of amides is 2. The number of hydrogen-bond donors (Lipinski definition) is 2. The number of alkyl halides is 3. The lowest BCUT2D eigenvalue weighted by molar-refractivity contribution is -0.146. The summed E-state index contributed by atoms with van der Waals surface area (Å²) < 4.78 is 39.3. The van der Waals surface area contributed by atoms with Crippen LogP contribution in [0.25, 0.3) is 0 Å². The number of nitrogens with zero attached hydrogens (tertiary/aromatic N) is 2. The summed E-state index contributed by atoms with van der Waals surface area (Å²) in [4.78, 5) is 28.0. The fourth-order valence-corrected chi connectivity index (χ4v) is 3.75. The standard InChI is InChI=1S/C23H23F3N4O2/c24-23(25,26)18-8-4-7-17(11-18)13-30-19(10-9-16-5-2-1-3-6-16)14-29(15-21(30)31)22(32)20(28)12-27/h1-8,11-12,19,27-28H,9-10,13-15H2/t19-/m0/s1. The number of nitrogens with one attached hydrogen (secondary N) is 2. The maximum atomic E-state index is 13.1. The van der Waals surface area contributed by atoms with Gasteiger partial charge in [-0.25, -0.2) is 0 Å². The van der Waals surface area contributed by atoms with E-state index in [1.165, 1.54) is 15.9 Å². The summed E-state index contributed by atoms with van der Waals surface area (Å²) in [5.74, 6) is -1.12. The topological polar surface area (TPSA) is 88.3 Å². The molecule has 168 valence electrons. The van der Waals surface area contributed by atoms with Gasteiger partial charge in [0.25, 0.3) is 5.91 Å². The van der Waals surface area contributed by atoms with Gasteiger partial charge in [0.15, 0.2) is 0 Å². The molecule has 0 aromatic heterocycles. The van der Waals surface area contributed by atoms with Crippen molar-refractivity contribution in [3.63, 3.8) is 0 Å². The van der Waals surface area contributed by atoms with Crippen molar-refractivity contribution in [2.75, 3.05) is 13.1 Å². The molecule has 1 saturated heterocycles. The van der Waals surface area contributed by atoms with Crippen molar-refractivity contribution < 1.29 is 22.8 Å². The van der Waals surface area contributed by atoms with Gasteiger partial charge in [-0.1, -0.05) is 42.5 Å². The first-order valence-electron chi connectivity index (χ1n) is 10.1. The first kappa shape index (κ1) is 23.2. The number of carbonyl (C=O) groups excluding carboxylic acids is 2. The van der Waals surface area contributed by atoms with Crippen LogP contribution in [0.2, 0.25) is 0 Å². The van der Waals surface area contributed by atoms with Crippen molar-refractivity contribution >= 4 is 23.7 Å². The summed E-state index contributed by atoms with van der Waals surface area (Å²) in [6.07, 6.45) is -2.75. The highest BCUT2D eigenvalue weighted by Gasteiger charge is 2.36. The summed E-state index contributed by atoms with van der Waals surface area (Å²) in [5, 5.41) is 14.7. The molecule has 2 N–H and O–H groups in total. The van der Waals surface area contributed by atoms with E-state index in [0.29, 0.717) is 24.6 Å². The number of benzene rings is 2. The fourth-order valence-electron chi connectivity index (χ4n) is 3.75. The average molecular weight is 444 g/mol. The Bertz CT molecular complexity index is 1010. The molecule has 2 amide bonds. The van der Waals surface area contributed by atoms with E-state index in [4.69, 9.17) is 10.8 Å². The molecule has 1 aliphatic heterocycles. The Morgan fingerprint density at radius 2 is 1.78 bits per heavy atom. The van der Waals surface area contributed by atoms with E-state index in [1.807, 2.05) is 30.3 Å². The molecule has 0 spiro atoms. The van der Waals surface area contributed by atoms with Crippen molar-refractivity contribution in [1.82, 2.24) is 9.80 Å². The molecule has 0 unspecified atom stereocenters. The second-order valence-corrected chi connectivity index (χ2v) is 7.64. The van der Waals surface area contributed by atoms with Crippen LogP contribution in [0.5, 0.6) is 0 Å². The van der Waals surface area contributed by atoms with E-state index in [9.17, 15) is 22.8 Å². The third-order valence-corrected chi connectivity index (χ3v) is 5.40. The highest BCUT2D eigenvalue weighted by Crippen LogP contribution is 2.30. The van der Waals surface area contributed by atoms with Crippen LogP contribution in [-0.2, 0) is 28.7 Å². The lowest BCUT2D eigenvalue weighted by Gasteiger charge is -2.41. The van der Waals surface area contributed by atoms with Crippen LogP contribution in [-0.4, -0.2) is 52.7 Å². The first-order valence-corrected chi connectivity index (χ1v) is 10.1. The Morgan fingerprint density at radius 3 is 2.44 bits per heavy atom. The normalized spacial score (nSPS) is 16.7. The van der Waals surface area contributed by atoms with Gasteiger partial charge < -0.3 is 15.2 Å². The van der Waals surface area contributed by atoms with Crippen LogP contribution in [0.15, 0.2) is 54.6 Å². The minimum Gasteiger partial charge on any atom is -0.332 e. The van der Waals surface area contributed by atoms with E-state index >= 15 is 0 Å².